The van der Waals surface area contributed by atoms with Crippen LogP contribution in [0.15, 0.2) is 34.9 Å². The highest BCUT2D eigenvalue weighted by molar-refractivity contribution is 9.10. The predicted molar refractivity (Wildman–Crippen MR) is 81.9 cm³/mol. The summed E-state index contributed by atoms with van der Waals surface area (Å²) >= 11 is 3.43. The molecular formula is C15H13BrN2O3. The van der Waals surface area contributed by atoms with E-state index in [0.29, 0.717) is 6.54 Å². The molecule has 6 heteroatoms. The molecule has 2 heterocycles. The minimum Gasteiger partial charge on any atom is -0.469 e. The summed E-state index contributed by atoms with van der Waals surface area (Å²) in [5.74, 6) is -0.818. The zero-order valence-electron chi connectivity index (χ0n) is 11.4. The van der Waals surface area contributed by atoms with Crippen molar-refractivity contribution in [3.8, 4) is 0 Å². The number of hydrogen-bond donors (Lipinski definition) is 0. The largest absolute Gasteiger partial charge is 0.469 e. The third-order valence-corrected chi connectivity index (χ3v) is 4.12. The van der Waals surface area contributed by atoms with E-state index in [1.165, 1.54) is 7.11 Å². The summed E-state index contributed by atoms with van der Waals surface area (Å²) < 4.78 is 5.65. The summed E-state index contributed by atoms with van der Waals surface area (Å²) in [6.45, 7) is 0.344. The molecule has 0 N–H and O–H groups in total. The van der Waals surface area contributed by atoms with Crippen molar-refractivity contribution in [2.24, 2.45) is 5.92 Å². The number of ether oxygens (including phenoxy) is 1. The number of carbonyl (C=O) groups is 2. The van der Waals surface area contributed by atoms with Gasteiger partial charge >= 0.3 is 5.97 Å². The maximum absolute atomic E-state index is 12.2. The molecular weight excluding hydrogens is 336 g/mol. The number of carbonyl (C=O) groups excluding carboxylic acids is 2. The van der Waals surface area contributed by atoms with Crippen LogP contribution >= 0.6 is 15.9 Å². The molecule has 0 bridgehead atoms. The Morgan fingerprint density at radius 3 is 3.00 bits per heavy atom. The number of esters is 1. The van der Waals surface area contributed by atoms with Gasteiger partial charge in [-0.05, 0) is 24.3 Å². The quantitative estimate of drug-likeness (QED) is 0.782. The Hall–Kier alpha value is -1.95. The third kappa shape index (κ3) is 2.51. The van der Waals surface area contributed by atoms with Gasteiger partial charge in [-0.25, -0.2) is 0 Å². The maximum atomic E-state index is 12.2. The van der Waals surface area contributed by atoms with Crippen LogP contribution in [0.5, 0.6) is 0 Å². The van der Waals surface area contributed by atoms with Crippen molar-refractivity contribution in [1.82, 2.24) is 4.98 Å². The lowest BCUT2D eigenvalue weighted by Gasteiger charge is -2.18. The standard InChI is InChI=1S/C15H13BrN2O3/c1-21-15(20)9-6-14(19)18(8-9)13-4-5-17-12-3-2-10(16)7-11(12)13/h2-5,7,9H,6,8H2,1H3. The van der Waals surface area contributed by atoms with Crippen LogP contribution < -0.4 is 4.90 Å². The molecule has 1 aliphatic heterocycles. The summed E-state index contributed by atoms with van der Waals surface area (Å²) in [6, 6.07) is 7.52. The van der Waals surface area contributed by atoms with Gasteiger partial charge < -0.3 is 9.64 Å². The van der Waals surface area contributed by atoms with E-state index in [0.717, 1.165) is 21.1 Å². The molecule has 1 aromatic heterocycles. The fourth-order valence-electron chi connectivity index (χ4n) is 2.60. The first-order chi connectivity index (χ1) is 10.1. The minimum atomic E-state index is -0.405. The highest BCUT2D eigenvalue weighted by atomic mass is 79.9. The van der Waals surface area contributed by atoms with Crippen molar-refractivity contribution < 1.29 is 14.3 Å². The number of methoxy groups -OCH3 is 1. The molecule has 0 saturated carbocycles. The molecule has 1 atom stereocenters. The number of aromatic nitrogens is 1. The van der Waals surface area contributed by atoms with Crippen LogP contribution in [-0.2, 0) is 14.3 Å². The average molecular weight is 349 g/mol. The Kier molecular flexibility index (Phi) is 3.63. The zero-order chi connectivity index (χ0) is 15.0. The van der Waals surface area contributed by atoms with E-state index in [-0.39, 0.29) is 18.3 Å². The molecule has 1 unspecified atom stereocenters. The van der Waals surface area contributed by atoms with Gasteiger partial charge in [-0.3, -0.25) is 14.6 Å². The van der Waals surface area contributed by atoms with Crippen molar-refractivity contribution in [2.45, 2.75) is 6.42 Å². The van der Waals surface area contributed by atoms with Gasteiger partial charge in [0.25, 0.3) is 0 Å². The van der Waals surface area contributed by atoms with Crippen LogP contribution in [0, 0.1) is 5.92 Å². The topological polar surface area (TPSA) is 59.5 Å². The SMILES string of the molecule is COC(=O)C1CC(=O)N(c2ccnc3ccc(Br)cc23)C1. The van der Waals surface area contributed by atoms with Crippen molar-refractivity contribution in [1.29, 1.82) is 0 Å². The number of nitrogens with zero attached hydrogens (tertiary/aromatic N) is 2. The van der Waals surface area contributed by atoms with Gasteiger partial charge in [0.15, 0.2) is 0 Å². The van der Waals surface area contributed by atoms with E-state index in [4.69, 9.17) is 4.74 Å². The monoisotopic (exact) mass is 348 g/mol. The summed E-state index contributed by atoms with van der Waals surface area (Å²) in [4.78, 5) is 29.8. The summed E-state index contributed by atoms with van der Waals surface area (Å²) in [6.07, 6.45) is 1.86. The molecule has 1 aliphatic rings. The van der Waals surface area contributed by atoms with Gasteiger partial charge in [-0.2, -0.15) is 0 Å². The van der Waals surface area contributed by atoms with Crippen LogP contribution in [0.25, 0.3) is 10.9 Å². The average Bonchev–Trinajstić information content (AvgIpc) is 2.87. The third-order valence-electron chi connectivity index (χ3n) is 3.63. The summed E-state index contributed by atoms with van der Waals surface area (Å²) in [7, 11) is 1.34. The fourth-order valence-corrected chi connectivity index (χ4v) is 2.97. The number of rotatable bonds is 2. The molecule has 1 saturated heterocycles. The molecule has 2 aromatic rings. The number of pyridine rings is 1. The predicted octanol–water partition coefficient (Wildman–Crippen LogP) is 2.52. The highest BCUT2D eigenvalue weighted by Crippen LogP contribution is 2.32. The Balaban J connectivity index is 2.03. The first-order valence-corrected chi connectivity index (χ1v) is 7.32. The van der Waals surface area contributed by atoms with Gasteiger partial charge in [0, 0.05) is 29.0 Å². The van der Waals surface area contributed by atoms with E-state index in [9.17, 15) is 9.59 Å². The van der Waals surface area contributed by atoms with Crippen LogP contribution in [0.4, 0.5) is 5.69 Å². The molecule has 108 valence electrons. The second-order valence-electron chi connectivity index (χ2n) is 4.92. The smallest absolute Gasteiger partial charge is 0.311 e. The molecule has 0 radical (unpaired) electrons. The molecule has 5 nitrogen and oxygen atoms in total. The number of amides is 1. The Labute approximate surface area is 130 Å². The normalized spacial score (nSPS) is 18.3. The van der Waals surface area contributed by atoms with E-state index >= 15 is 0 Å². The van der Waals surface area contributed by atoms with E-state index in [1.54, 1.807) is 17.2 Å². The van der Waals surface area contributed by atoms with E-state index < -0.39 is 5.92 Å². The second-order valence-corrected chi connectivity index (χ2v) is 5.84. The van der Waals surface area contributed by atoms with Crippen LogP contribution in [0.1, 0.15) is 6.42 Å². The Morgan fingerprint density at radius 2 is 2.24 bits per heavy atom. The molecule has 3 rings (SSSR count). The Bertz CT molecular complexity index is 732. The van der Waals surface area contributed by atoms with E-state index in [1.807, 2.05) is 18.2 Å². The fraction of sp³-hybridized carbons (Fsp3) is 0.267. The van der Waals surface area contributed by atoms with Crippen LogP contribution in [0.2, 0.25) is 0 Å². The maximum Gasteiger partial charge on any atom is 0.311 e. The van der Waals surface area contributed by atoms with Gasteiger partial charge in [0.1, 0.15) is 0 Å². The van der Waals surface area contributed by atoms with Crippen LogP contribution in [0.3, 0.4) is 0 Å². The molecule has 1 amide bonds. The Morgan fingerprint density at radius 1 is 1.43 bits per heavy atom. The molecule has 0 aliphatic carbocycles. The molecule has 21 heavy (non-hydrogen) atoms. The van der Waals surface area contributed by atoms with Crippen LogP contribution in [-0.4, -0.2) is 30.5 Å². The number of anilines is 1. The molecule has 1 aromatic carbocycles. The first kappa shape index (κ1) is 14.0. The lowest BCUT2D eigenvalue weighted by molar-refractivity contribution is -0.145. The number of fused-ring (bicyclic) bond motifs is 1. The van der Waals surface area contributed by atoms with Crippen molar-refractivity contribution in [3.63, 3.8) is 0 Å². The van der Waals surface area contributed by atoms with Crippen molar-refractivity contribution >= 4 is 44.4 Å². The second kappa shape index (κ2) is 5.44. The zero-order valence-corrected chi connectivity index (χ0v) is 13.0. The van der Waals surface area contributed by atoms with E-state index in [2.05, 4.69) is 20.9 Å². The lowest BCUT2D eigenvalue weighted by Crippen LogP contribution is -2.26. The number of hydrogen-bond acceptors (Lipinski definition) is 4. The highest BCUT2D eigenvalue weighted by Gasteiger charge is 2.36. The van der Waals surface area contributed by atoms with Gasteiger partial charge in [0.05, 0.1) is 24.2 Å². The summed E-state index contributed by atoms with van der Waals surface area (Å²) in [5.41, 5.74) is 1.59. The van der Waals surface area contributed by atoms with Gasteiger partial charge in [-0.1, -0.05) is 15.9 Å². The molecule has 1 fully saturated rings. The number of halogens is 1. The van der Waals surface area contributed by atoms with Crippen molar-refractivity contribution in [2.75, 3.05) is 18.6 Å². The minimum absolute atomic E-state index is 0.0714. The lowest BCUT2D eigenvalue weighted by atomic mass is 10.1. The molecule has 0 spiro atoms. The number of benzene rings is 1. The van der Waals surface area contributed by atoms with Crippen molar-refractivity contribution in [3.05, 3.63) is 34.9 Å². The first-order valence-electron chi connectivity index (χ1n) is 6.52. The summed E-state index contributed by atoms with van der Waals surface area (Å²) in [5, 5.41) is 0.880. The van der Waals surface area contributed by atoms with Gasteiger partial charge in [-0.15, -0.1) is 0 Å². The van der Waals surface area contributed by atoms with Gasteiger partial charge in [0.2, 0.25) is 5.91 Å².